The third-order valence-corrected chi connectivity index (χ3v) is 7.40. The number of rotatable bonds is 7. The van der Waals surface area contributed by atoms with Crippen LogP contribution < -0.4 is 9.75 Å². The molecule has 1 atom stereocenters. The molecule has 1 aliphatic rings. The molecule has 5 aromatic rings. The van der Waals surface area contributed by atoms with E-state index >= 15 is 0 Å². The van der Waals surface area contributed by atoms with Crippen molar-refractivity contribution in [2.45, 2.75) is 26.0 Å². The Kier molecular flexibility index (Phi) is 6.53. The zero-order chi connectivity index (χ0) is 25.0. The Balaban J connectivity index is 1.27. The Bertz CT molecular complexity index is 1490. The number of anilines is 1. The average Bonchev–Trinajstić information content (AvgIpc) is 3.62. The first-order chi connectivity index (χ1) is 18.2. The molecule has 37 heavy (non-hydrogen) atoms. The minimum absolute atomic E-state index is 0.0652. The van der Waals surface area contributed by atoms with E-state index in [1.165, 1.54) is 11.1 Å². The van der Waals surface area contributed by atoms with Gasteiger partial charge in [0, 0.05) is 17.4 Å². The number of aromatic nitrogens is 1. The van der Waals surface area contributed by atoms with Crippen LogP contribution in [0.3, 0.4) is 0 Å². The summed E-state index contributed by atoms with van der Waals surface area (Å²) in [6, 6.07) is 37.6. The van der Waals surface area contributed by atoms with Gasteiger partial charge in [0.15, 0.2) is 0 Å². The van der Waals surface area contributed by atoms with Crippen LogP contribution in [-0.2, 0) is 6.61 Å². The van der Waals surface area contributed by atoms with Crippen LogP contribution in [0.1, 0.15) is 34.7 Å². The van der Waals surface area contributed by atoms with E-state index in [0.29, 0.717) is 6.61 Å². The topological polar surface area (TPSA) is 37.7 Å². The molecule has 0 amide bonds. The van der Waals surface area contributed by atoms with Gasteiger partial charge in [-0.2, -0.15) is 5.10 Å². The van der Waals surface area contributed by atoms with Crippen LogP contribution in [0.15, 0.2) is 120 Å². The summed E-state index contributed by atoms with van der Waals surface area (Å²) in [5.41, 5.74) is 7.90. The molecule has 0 spiro atoms. The highest BCUT2D eigenvalue weighted by molar-refractivity contribution is 7.14. The van der Waals surface area contributed by atoms with Gasteiger partial charge in [0.2, 0.25) is 5.13 Å². The summed E-state index contributed by atoms with van der Waals surface area (Å²) in [5, 5.41) is 10.2. The van der Waals surface area contributed by atoms with Crippen molar-refractivity contribution in [1.82, 2.24) is 4.98 Å². The number of thiazole rings is 1. The van der Waals surface area contributed by atoms with Gasteiger partial charge in [-0.25, -0.2) is 9.99 Å². The van der Waals surface area contributed by atoms with Crippen LogP contribution in [0.2, 0.25) is 0 Å². The molecular weight excluding hydrogens is 474 g/mol. The summed E-state index contributed by atoms with van der Waals surface area (Å²) in [6.07, 6.45) is 0.813. The van der Waals surface area contributed by atoms with Gasteiger partial charge in [-0.05, 0) is 35.7 Å². The number of benzene rings is 4. The Morgan fingerprint density at radius 3 is 2.24 bits per heavy atom. The zero-order valence-corrected chi connectivity index (χ0v) is 21.4. The Labute approximate surface area is 221 Å². The molecule has 6 rings (SSSR count). The molecule has 0 bridgehead atoms. The van der Waals surface area contributed by atoms with Gasteiger partial charge >= 0.3 is 0 Å². The second kappa shape index (κ2) is 10.4. The van der Waals surface area contributed by atoms with Crippen molar-refractivity contribution >= 4 is 22.2 Å². The maximum atomic E-state index is 6.02. The first-order valence-electron chi connectivity index (χ1n) is 12.4. The number of aryl methyl sites for hydroxylation is 1. The summed E-state index contributed by atoms with van der Waals surface area (Å²) >= 11 is 1.63. The van der Waals surface area contributed by atoms with Crippen molar-refractivity contribution in [3.63, 3.8) is 0 Å². The van der Waals surface area contributed by atoms with Crippen molar-refractivity contribution in [2.24, 2.45) is 5.10 Å². The standard InChI is InChI=1S/C32H27N3OS/c1-23-12-14-26(15-13-23)30-22-37-32(33-30)35-31(20-29(34-35)25-10-6-3-7-11-25)27-16-18-28(19-17-27)36-21-24-8-4-2-5-9-24/h2-19,22,31H,20-21H2,1H3. The highest BCUT2D eigenvalue weighted by Crippen LogP contribution is 2.39. The lowest BCUT2D eigenvalue weighted by molar-refractivity contribution is 0.306. The molecule has 0 saturated heterocycles. The van der Waals surface area contributed by atoms with Crippen molar-refractivity contribution in [1.29, 1.82) is 0 Å². The van der Waals surface area contributed by atoms with Crippen LogP contribution in [0.4, 0.5) is 5.13 Å². The van der Waals surface area contributed by atoms with E-state index in [9.17, 15) is 0 Å². The SMILES string of the molecule is Cc1ccc(-c2csc(N3N=C(c4ccccc4)CC3c3ccc(OCc4ccccc4)cc3)n2)cc1. The predicted molar refractivity (Wildman–Crippen MR) is 152 cm³/mol. The van der Waals surface area contributed by atoms with Crippen LogP contribution in [0, 0.1) is 6.92 Å². The molecule has 0 saturated carbocycles. The first-order valence-corrected chi connectivity index (χ1v) is 13.3. The zero-order valence-electron chi connectivity index (χ0n) is 20.6. The van der Waals surface area contributed by atoms with Gasteiger partial charge in [-0.15, -0.1) is 11.3 Å². The van der Waals surface area contributed by atoms with Gasteiger partial charge in [-0.1, -0.05) is 103 Å². The van der Waals surface area contributed by atoms with Crippen molar-refractivity contribution in [2.75, 3.05) is 5.01 Å². The van der Waals surface area contributed by atoms with E-state index in [0.717, 1.165) is 45.4 Å². The molecule has 182 valence electrons. The molecule has 2 heterocycles. The normalized spacial score (nSPS) is 15.0. The smallest absolute Gasteiger partial charge is 0.207 e. The molecular formula is C32H27N3OS. The molecule has 4 nitrogen and oxygen atoms in total. The Morgan fingerprint density at radius 2 is 1.51 bits per heavy atom. The average molecular weight is 502 g/mol. The Morgan fingerprint density at radius 1 is 0.811 bits per heavy atom. The van der Waals surface area contributed by atoms with E-state index in [2.05, 4.69) is 102 Å². The molecule has 0 N–H and O–H groups in total. The number of nitrogens with zero attached hydrogens (tertiary/aromatic N) is 3. The number of hydrazone groups is 1. The minimum atomic E-state index is 0.0652. The lowest BCUT2D eigenvalue weighted by atomic mass is 9.98. The largest absolute Gasteiger partial charge is 0.489 e. The molecule has 1 unspecified atom stereocenters. The van der Waals surface area contributed by atoms with E-state index in [4.69, 9.17) is 14.8 Å². The van der Waals surface area contributed by atoms with Crippen molar-refractivity contribution in [3.8, 4) is 17.0 Å². The Hall–Kier alpha value is -4.22. The summed E-state index contributed by atoms with van der Waals surface area (Å²) < 4.78 is 6.02. The lowest BCUT2D eigenvalue weighted by Crippen LogP contribution is -2.18. The fourth-order valence-corrected chi connectivity index (χ4v) is 5.34. The maximum absolute atomic E-state index is 6.02. The maximum Gasteiger partial charge on any atom is 0.207 e. The second-order valence-electron chi connectivity index (χ2n) is 9.20. The molecule has 5 heteroatoms. The highest BCUT2D eigenvalue weighted by atomic mass is 32.1. The number of ether oxygens (including phenoxy) is 1. The minimum Gasteiger partial charge on any atom is -0.489 e. The van der Waals surface area contributed by atoms with Crippen LogP contribution in [-0.4, -0.2) is 10.7 Å². The third-order valence-electron chi connectivity index (χ3n) is 6.57. The predicted octanol–water partition coefficient (Wildman–Crippen LogP) is 8.05. The molecule has 0 aliphatic carbocycles. The molecule has 0 radical (unpaired) electrons. The van der Waals surface area contributed by atoms with E-state index in [1.807, 2.05) is 24.3 Å². The first kappa shape index (κ1) is 23.2. The summed E-state index contributed by atoms with van der Waals surface area (Å²) in [7, 11) is 0. The quantitative estimate of drug-likeness (QED) is 0.226. The fraction of sp³-hybridized carbons (Fsp3) is 0.125. The van der Waals surface area contributed by atoms with Crippen LogP contribution in [0.5, 0.6) is 5.75 Å². The molecule has 0 fully saturated rings. The van der Waals surface area contributed by atoms with Gasteiger partial charge < -0.3 is 4.74 Å². The summed E-state index contributed by atoms with van der Waals surface area (Å²) in [6.45, 7) is 2.65. The lowest BCUT2D eigenvalue weighted by Gasteiger charge is -2.21. The van der Waals surface area contributed by atoms with Gasteiger partial charge in [0.25, 0.3) is 0 Å². The third kappa shape index (κ3) is 5.18. The van der Waals surface area contributed by atoms with E-state index in [-0.39, 0.29) is 6.04 Å². The van der Waals surface area contributed by atoms with Gasteiger partial charge in [0.1, 0.15) is 12.4 Å². The van der Waals surface area contributed by atoms with Gasteiger partial charge in [-0.3, -0.25) is 0 Å². The highest BCUT2D eigenvalue weighted by Gasteiger charge is 2.31. The van der Waals surface area contributed by atoms with E-state index < -0.39 is 0 Å². The molecule has 1 aromatic heterocycles. The molecule has 1 aliphatic heterocycles. The summed E-state index contributed by atoms with van der Waals surface area (Å²) in [4.78, 5) is 4.99. The van der Waals surface area contributed by atoms with Crippen LogP contribution in [0.25, 0.3) is 11.3 Å². The van der Waals surface area contributed by atoms with Crippen molar-refractivity contribution in [3.05, 3.63) is 137 Å². The number of hydrogen-bond donors (Lipinski definition) is 0. The van der Waals surface area contributed by atoms with Crippen molar-refractivity contribution < 1.29 is 4.74 Å². The van der Waals surface area contributed by atoms with E-state index in [1.54, 1.807) is 11.3 Å². The monoisotopic (exact) mass is 501 g/mol. The number of hydrogen-bond acceptors (Lipinski definition) is 5. The summed E-state index contributed by atoms with van der Waals surface area (Å²) in [5.74, 6) is 0.859. The van der Waals surface area contributed by atoms with Crippen LogP contribution >= 0.6 is 11.3 Å². The fourth-order valence-electron chi connectivity index (χ4n) is 4.50. The second-order valence-corrected chi connectivity index (χ2v) is 10.0. The molecule has 4 aromatic carbocycles. The van der Waals surface area contributed by atoms with Gasteiger partial charge in [0.05, 0.1) is 17.4 Å².